The Morgan fingerprint density at radius 2 is 1.18 bits per heavy atom. The Kier molecular flexibility index (Phi) is 29.8. The van der Waals surface area contributed by atoms with Gasteiger partial charge in [-0.3, -0.25) is 4.79 Å². The summed E-state index contributed by atoms with van der Waals surface area (Å²) in [5.41, 5.74) is 0.369. The number of aliphatic hydroxyl groups excluding tert-OH is 4. The van der Waals surface area contributed by atoms with E-state index in [1.807, 2.05) is 12.1 Å². The number of benzene rings is 1. The van der Waals surface area contributed by atoms with Gasteiger partial charge >= 0.3 is 5.97 Å². The first-order valence-electron chi connectivity index (χ1n) is 23.0. The highest BCUT2D eigenvalue weighted by atomic mass is 16.7. The lowest BCUT2D eigenvalue weighted by Gasteiger charge is -2.40. The molecule has 1 amide bonds. The van der Waals surface area contributed by atoms with Gasteiger partial charge in [-0.2, -0.15) is 0 Å². The molecule has 10 heteroatoms. The van der Waals surface area contributed by atoms with Crippen LogP contribution in [0.1, 0.15) is 191 Å². The third-order valence-electron chi connectivity index (χ3n) is 11.1. The van der Waals surface area contributed by atoms with E-state index in [4.69, 9.17) is 14.2 Å². The molecule has 5 N–H and O–H groups in total. The average molecular weight is 804 g/mol. The molecule has 1 heterocycles. The molecule has 0 bridgehead atoms. The highest BCUT2D eigenvalue weighted by molar-refractivity contribution is 5.89. The Morgan fingerprint density at radius 1 is 0.684 bits per heavy atom. The molecule has 2 rings (SSSR count). The predicted molar refractivity (Wildman–Crippen MR) is 228 cm³/mol. The number of aliphatic hydroxyl groups is 4. The summed E-state index contributed by atoms with van der Waals surface area (Å²) in [6, 6.07) is 7.81. The van der Waals surface area contributed by atoms with Crippen LogP contribution in [0.4, 0.5) is 0 Å². The van der Waals surface area contributed by atoms with Crippen LogP contribution < -0.4 is 5.32 Å². The van der Waals surface area contributed by atoms with E-state index in [0.717, 1.165) is 44.9 Å². The van der Waals surface area contributed by atoms with E-state index < -0.39 is 55.4 Å². The van der Waals surface area contributed by atoms with E-state index in [1.54, 1.807) is 30.3 Å². The number of rotatable bonds is 35. The number of nitrogens with one attached hydrogen (secondary N) is 1. The summed E-state index contributed by atoms with van der Waals surface area (Å²) < 4.78 is 17.5. The van der Waals surface area contributed by atoms with Crippen molar-refractivity contribution in [2.75, 3.05) is 13.2 Å². The van der Waals surface area contributed by atoms with E-state index >= 15 is 0 Å². The molecule has 0 unspecified atom stereocenters. The Bertz CT molecular complexity index is 1150. The number of unbranched alkanes of at least 4 members (excludes halogenated alkanes) is 23. The standard InChI is InChI=1S/C47H81NO9/c1-3-5-7-9-11-13-15-17-19-21-23-25-30-34-40(56-46(54)38-32-28-27-29-33-38)39(37-55-47-45(53)44(52)43(51)41(36-49)57-47)48-42(50)35-31-26-24-22-20-18-16-14-12-10-8-6-4-2/h27-30,32-34,39-41,43-45,47,49,51-53H,3-26,31,35-37H2,1-2H3,(H,48,50)/b34-30+/t39-,40+,41+,43-,44-,45+,47+/m0/s1. The molecule has 10 nitrogen and oxygen atoms in total. The molecule has 1 aliphatic rings. The summed E-state index contributed by atoms with van der Waals surface area (Å²) in [7, 11) is 0. The van der Waals surface area contributed by atoms with Crippen LogP contribution in [0.15, 0.2) is 42.5 Å². The first kappa shape index (κ1) is 50.8. The Morgan fingerprint density at radius 3 is 1.68 bits per heavy atom. The number of ether oxygens (including phenoxy) is 3. The van der Waals surface area contributed by atoms with Crippen molar-refractivity contribution < 1.29 is 44.2 Å². The number of hydrogen-bond donors (Lipinski definition) is 5. The largest absolute Gasteiger partial charge is 0.452 e. The minimum absolute atomic E-state index is 0.208. The highest BCUT2D eigenvalue weighted by Crippen LogP contribution is 2.23. The molecule has 1 saturated heterocycles. The molecular formula is C47H81NO9. The van der Waals surface area contributed by atoms with Crippen LogP contribution in [-0.4, -0.2) is 88.4 Å². The smallest absolute Gasteiger partial charge is 0.338 e. The van der Waals surface area contributed by atoms with Gasteiger partial charge in [0.25, 0.3) is 0 Å². The van der Waals surface area contributed by atoms with E-state index in [1.165, 1.54) is 116 Å². The van der Waals surface area contributed by atoms with Gasteiger partial charge in [-0.1, -0.05) is 179 Å². The zero-order valence-electron chi connectivity index (χ0n) is 35.7. The molecule has 1 aromatic carbocycles. The van der Waals surface area contributed by atoms with Gasteiger partial charge in [-0.15, -0.1) is 0 Å². The van der Waals surface area contributed by atoms with Gasteiger partial charge in [0.15, 0.2) is 6.29 Å². The van der Waals surface area contributed by atoms with Crippen LogP contribution in [-0.2, 0) is 19.0 Å². The molecule has 0 aliphatic carbocycles. The van der Waals surface area contributed by atoms with Crippen LogP contribution in [0.5, 0.6) is 0 Å². The van der Waals surface area contributed by atoms with Gasteiger partial charge in [-0.05, 0) is 37.5 Å². The number of esters is 1. The minimum atomic E-state index is -1.61. The summed E-state index contributed by atoms with van der Waals surface area (Å²) in [4.78, 5) is 26.7. The van der Waals surface area contributed by atoms with Crippen molar-refractivity contribution in [2.24, 2.45) is 0 Å². The second-order valence-corrected chi connectivity index (χ2v) is 16.2. The maximum absolute atomic E-state index is 13.4. The van der Waals surface area contributed by atoms with Crippen LogP contribution in [0.3, 0.4) is 0 Å². The summed E-state index contributed by atoms with van der Waals surface area (Å²) in [6.07, 6.45) is 26.0. The van der Waals surface area contributed by atoms with Gasteiger partial charge < -0.3 is 40.0 Å². The van der Waals surface area contributed by atoms with E-state index in [2.05, 4.69) is 19.2 Å². The first-order valence-corrected chi connectivity index (χ1v) is 23.0. The molecule has 1 aliphatic heterocycles. The van der Waals surface area contributed by atoms with Crippen molar-refractivity contribution in [3.63, 3.8) is 0 Å². The summed E-state index contributed by atoms with van der Waals surface area (Å²) in [6.45, 7) is 3.66. The Hall–Kier alpha value is -2.34. The number of carbonyl (C=O) groups is 2. The van der Waals surface area contributed by atoms with Crippen molar-refractivity contribution in [1.82, 2.24) is 5.32 Å². The number of amides is 1. The molecule has 0 aromatic heterocycles. The molecule has 0 saturated carbocycles. The zero-order valence-corrected chi connectivity index (χ0v) is 35.7. The maximum Gasteiger partial charge on any atom is 0.338 e. The van der Waals surface area contributed by atoms with Crippen molar-refractivity contribution in [1.29, 1.82) is 0 Å². The third-order valence-corrected chi connectivity index (χ3v) is 11.1. The predicted octanol–water partition coefficient (Wildman–Crippen LogP) is 9.25. The van der Waals surface area contributed by atoms with Crippen molar-refractivity contribution in [3.8, 4) is 0 Å². The first-order chi connectivity index (χ1) is 27.8. The quantitative estimate of drug-likeness (QED) is 0.0257. The average Bonchev–Trinajstić information content (AvgIpc) is 3.22. The molecule has 1 aromatic rings. The fraction of sp³-hybridized carbons (Fsp3) is 0.787. The van der Waals surface area contributed by atoms with Gasteiger partial charge in [0.05, 0.1) is 24.8 Å². The van der Waals surface area contributed by atoms with Crippen molar-refractivity contribution >= 4 is 11.9 Å². The molecule has 328 valence electrons. The summed E-state index contributed by atoms with van der Waals surface area (Å²) >= 11 is 0. The summed E-state index contributed by atoms with van der Waals surface area (Å²) in [5, 5.41) is 44.0. The fourth-order valence-electron chi connectivity index (χ4n) is 7.38. The maximum atomic E-state index is 13.4. The Balaban J connectivity index is 2.00. The number of allylic oxidation sites excluding steroid dienone is 1. The molecular weight excluding hydrogens is 723 g/mol. The molecule has 7 atom stereocenters. The monoisotopic (exact) mass is 804 g/mol. The van der Waals surface area contributed by atoms with E-state index in [9.17, 15) is 30.0 Å². The van der Waals surface area contributed by atoms with Crippen LogP contribution in [0.2, 0.25) is 0 Å². The van der Waals surface area contributed by atoms with Crippen LogP contribution in [0.25, 0.3) is 0 Å². The van der Waals surface area contributed by atoms with Gasteiger partial charge in [0.2, 0.25) is 5.91 Å². The van der Waals surface area contributed by atoms with Gasteiger partial charge in [0, 0.05) is 6.42 Å². The van der Waals surface area contributed by atoms with Crippen molar-refractivity contribution in [3.05, 3.63) is 48.0 Å². The SMILES string of the molecule is CCCCCCCCCCCCC/C=C/[C@@H](OC(=O)c1ccccc1)[C@H](CO[C@@H]1O[C@H](CO)[C@H](O)[C@H](O)[C@H]1O)NC(=O)CCCCCCCCCCCCCCC. The van der Waals surface area contributed by atoms with E-state index in [0.29, 0.717) is 12.0 Å². The van der Waals surface area contributed by atoms with Crippen LogP contribution >= 0.6 is 0 Å². The second kappa shape index (κ2) is 33.5. The van der Waals surface area contributed by atoms with Crippen LogP contribution in [0, 0.1) is 0 Å². The van der Waals surface area contributed by atoms with Crippen molar-refractivity contribution in [2.45, 2.75) is 224 Å². The second-order valence-electron chi connectivity index (χ2n) is 16.2. The highest BCUT2D eigenvalue weighted by Gasteiger charge is 2.44. The Labute approximate surface area is 345 Å². The van der Waals surface area contributed by atoms with Gasteiger partial charge in [-0.25, -0.2) is 4.79 Å². The molecule has 0 radical (unpaired) electrons. The lowest BCUT2D eigenvalue weighted by Crippen LogP contribution is -2.60. The minimum Gasteiger partial charge on any atom is -0.452 e. The topological polar surface area (TPSA) is 155 Å². The van der Waals surface area contributed by atoms with E-state index in [-0.39, 0.29) is 12.5 Å². The fourth-order valence-corrected chi connectivity index (χ4v) is 7.38. The third kappa shape index (κ3) is 23.1. The van der Waals surface area contributed by atoms with Gasteiger partial charge in [0.1, 0.15) is 30.5 Å². The number of hydrogen-bond acceptors (Lipinski definition) is 9. The molecule has 57 heavy (non-hydrogen) atoms. The lowest BCUT2D eigenvalue weighted by atomic mass is 9.99. The molecule has 0 spiro atoms. The number of carbonyl (C=O) groups excluding carboxylic acids is 2. The lowest BCUT2D eigenvalue weighted by molar-refractivity contribution is -0.302. The zero-order chi connectivity index (χ0) is 41.4. The normalized spacial score (nSPS) is 20.8. The molecule has 1 fully saturated rings. The summed E-state index contributed by atoms with van der Waals surface area (Å²) in [5.74, 6) is -0.761.